The van der Waals surface area contributed by atoms with Crippen LogP contribution in [0.3, 0.4) is 0 Å². The van der Waals surface area contributed by atoms with Crippen LogP contribution >= 0.6 is 0 Å². The Balaban J connectivity index is 2.12. The number of ether oxygens (including phenoxy) is 1. The Bertz CT molecular complexity index is 444. The number of hydrogen-bond acceptors (Lipinski definition) is 3. The van der Waals surface area contributed by atoms with Gasteiger partial charge in [-0.25, -0.2) is 0 Å². The van der Waals surface area contributed by atoms with Gasteiger partial charge in [0.15, 0.2) is 0 Å². The van der Waals surface area contributed by atoms with Gasteiger partial charge in [0.1, 0.15) is 11.9 Å². The molecule has 0 amide bonds. The van der Waals surface area contributed by atoms with Gasteiger partial charge in [-0.2, -0.15) is 0 Å². The number of benzene rings is 1. The van der Waals surface area contributed by atoms with E-state index in [1.165, 1.54) is 16.7 Å². The van der Waals surface area contributed by atoms with Crippen molar-refractivity contribution in [1.82, 2.24) is 0 Å². The summed E-state index contributed by atoms with van der Waals surface area (Å²) in [5.74, 6) is 0.958. The summed E-state index contributed by atoms with van der Waals surface area (Å²) in [7, 11) is 0. The molecule has 0 heterocycles. The van der Waals surface area contributed by atoms with E-state index >= 15 is 0 Å². The van der Waals surface area contributed by atoms with E-state index < -0.39 is 5.54 Å². The summed E-state index contributed by atoms with van der Waals surface area (Å²) in [5.41, 5.74) is 9.29. The number of aryl methyl sites for hydroxylation is 2. The molecular weight excluding hydrogens is 226 g/mol. The molecular formula is C15H23NO2. The van der Waals surface area contributed by atoms with Crippen molar-refractivity contribution in [3.63, 3.8) is 0 Å². The fourth-order valence-corrected chi connectivity index (χ4v) is 2.65. The zero-order chi connectivity index (χ0) is 13.3. The third kappa shape index (κ3) is 2.68. The zero-order valence-electron chi connectivity index (χ0n) is 11.5. The smallest absolute Gasteiger partial charge is 0.123 e. The molecule has 1 aromatic rings. The molecule has 3 heteroatoms. The minimum atomic E-state index is -0.447. The molecule has 100 valence electrons. The monoisotopic (exact) mass is 249 g/mol. The second kappa shape index (κ2) is 4.90. The molecule has 1 fully saturated rings. The van der Waals surface area contributed by atoms with Gasteiger partial charge >= 0.3 is 0 Å². The van der Waals surface area contributed by atoms with Crippen molar-refractivity contribution in [3.05, 3.63) is 28.8 Å². The van der Waals surface area contributed by atoms with Gasteiger partial charge in [0, 0.05) is 12.0 Å². The van der Waals surface area contributed by atoms with Gasteiger partial charge in [0.05, 0.1) is 6.61 Å². The molecule has 1 aromatic carbocycles. The summed E-state index contributed by atoms with van der Waals surface area (Å²) < 4.78 is 6.07. The van der Waals surface area contributed by atoms with Crippen LogP contribution in [0.4, 0.5) is 0 Å². The molecule has 18 heavy (non-hydrogen) atoms. The van der Waals surface area contributed by atoms with E-state index in [1.54, 1.807) is 0 Å². The van der Waals surface area contributed by atoms with E-state index in [-0.39, 0.29) is 12.7 Å². The van der Waals surface area contributed by atoms with Crippen LogP contribution in [0.5, 0.6) is 5.75 Å². The van der Waals surface area contributed by atoms with Crippen LogP contribution in [0.15, 0.2) is 12.1 Å². The van der Waals surface area contributed by atoms with Crippen molar-refractivity contribution in [2.75, 3.05) is 6.61 Å². The highest BCUT2D eigenvalue weighted by molar-refractivity contribution is 5.42. The first-order valence-electron chi connectivity index (χ1n) is 6.58. The molecule has 1 aliphatic rings. The van der Waals surface area contributed by atoms with Gasteiger partial charge in [-0.3, -0.25) is 0 Å². The number of aliphatic hydroxyl groups is 1. The Morgan fingerprint density at radius 1 is 1.39 bits per heavy atom. The maximum absolute atomic E-state index is 9.27. The molecule has 1 saturated carbocycles. The van der Waals surface area contributed by atoms with Crippen LogP contribution in [-0.4, -0.2) is 23.4 Å². The Labute approximate surface area is 109 Å². The van der Waals surface area contributed by atoms with E-state index in [9.17, 15) is 5.11 Å². The van der Waals surface area contributed by atoms with Crippen LogP contribution in [0.25, 0.3) is 0 Å². The van der Waals surface area contributed by atoms with Gasteiger partial charge in [0.25, 0.3) is 0 Å². The third-order valence-electron chi connectivity index (χ3n) is 3.97. The quantitative estimate of drug-likeness (QED) is 0.863. The summed E-state index contributed by atoms with van der Waals surface area (Å²) in [6.07, 6.45) is 2.61. The zero-order valence-corrected chi connectivity index (χ0v) is 11.5. The largest absolute Gasteiger partial charge is 0.490 e. The Morgan fingerprint density at radius 2 is 2.11 bits per heavy atom. The SMILES string of the molecule is Cc1cc(C)c(C)c(OC2CCC(N)(CO)C2)c1. The number of nitrogens with two attached hydrogens (primary N) is 1. The van der Waals surface area contributed by atoms with Gasteiger partial charge in [-0.1, -0.05) is 6.07 Å². The average molecular weight is 249 g/mol. The topological polar surface area (TPSA) is 55.5 Å². The molecule has 0 spiro atoms. The van der Waals surface area contributed by atoms with Crippen LogP contribution in [0.2, 0.25) is 0 Å². The predicted molar refractivity (Wildman–Crippen MR) is 72.9 cm³/mol. The minimum absolute atomic E-state index is 0.0404. The lowest BCUT2D eigenvalue weighted by Gasteiger charge is -2.22. The molecule has 0 bridgehead atoms. The van der Waals surface area contributed by atoms with Crippen molar-refractivity contribution >= 4 is 0 Å². The first kappa shape index (κ1) is 13.4. The first-order valence-corrected chi connectivity index (χ1v) is 6.58. The summed E-state index contributed by atoms with van der Waals surface area (Å²) >= 11 is 0. The lowest BCUT2D eigenvalue weighted by Crippen LogP contribution is -2.41. The molecule has 2 rings (SSSR count). The fourth-order valence-electron chi connectivity index (χ4n) is 2.65. The van der Waals surface area contributed by atoms with Crippen molar-refractivity contribution in [1.29, 1.82) is 0 Å². The summed E-state index contributed by atoms with van der Waals surface area (Å²) in [6.45, 7) is 6.30. The van der Waals surface area contributed by atoms with Gasteiger partial charge < -0.3 is 15.6 Å². The van der Waals surface area contributed by atoms with Crippen molar-refractivity contribution < 1.29 is 9.84 Å². The molecule has 0 aromatic heterocycles. The van der Waals surface area contributed by atoms with Crippen LogP contribution in [-0.2, 0) is 0 Å². The van der Waals surface area contributed by atoms with Crippen LogP contribution in [0.1, 0.15) is 36.0 Å². The maximum Gasteiger partial charge on any atom is 0.123 e. The summed E-state index contributed by atoms with van der Waals surface area (Å²) in [4.78, 5) is 0. The van der Waals surface area contributed by atoms with Gasteiger partial charge in [-0.15, -0.1) is 0 Å². The fraction of sp³-hybridized carbons (Fsp3) is 0.600. The van der Waals surface area contributed by atoms with E-state index in [0.29, 0.717) is 0 Å². The molecule has 0 saturated heterocycles. The van der Waals surface area contributed by atoms with Crippen molar-refractivity contribution in [2.24, 2.45) is 5.73 Å². The third-order valence-corrected chi connectivity index (χ3v) is 3.97. The molecule has 2 atom stereocenters. The predicted octanol–water partition coefficient (Wildman–Crippen LogP) is 2.23. The van der Waals surface area contributed by atoms with Crippen LogP contribution in [0, 0.1) is 20.8 Å². The Hall–Kier alpha value is -1.06. The summed E-state index contributed by atoms with van der Waals surface area (Å²) in [5, 5.41) is 9.27. The van der Waals surface area contributed by atoms with Crippen LogP contribution < -0.4 is 10.5 Å². The lowest BCUT2D eigenvalue weighted by atomic mass is 10.0. The van der Waals surface area contributed by atoms with Gasteiger partial charge in [-0.05, 0) is 56.4 Å². The maximum atomic E-state index is 9.27. The molecule has 0 radical (unpaired) electrons. The average Bonchev–Trinajstić information content (AvgIpc) is 2.68. The number of aliphatic hydroxyl groups excluding tert-OH is 1. The minimum Gasteiger partial charge on any atom is -0.490 e. The highest BCUT2D eigenvalue weighted by atomic mass is 16.5. The highest BCUT2D eigenvalue weighted by Crippen LogP contribution is 2.32. The Kier molecular flexibility index (Phi) is 3.64. The van der Waals surface area contributed by atoms with Gasteiger partial charge in [0.2, 0.25) is 0 Å². The Morgan fingerprint density at radius 3 is 2.72 bits per heavy atom. The second-order valence-corrected chi connectivity index (χ2v) is 5.71. The molecule has 1 aliphatic carbocycles. The molecule has 2 unspecified atom stereocenters. The standard InChI is InChI=1S/C15H23NO2/c1-10-6-11(2)12(3)14(7-10)18-13-4-5-15(16,8-13)9-17/h6-7,13,17H,4-5,8-9,16H2,1-3H3. The van der Waals surface area contributed by atoms with E-state index in [4.69, 9.17) is 10.5 Å². The molecule has 3 nitrogen and oxygen atoms in total. The molecule has 3 N–H and O–H groups in total. The second-order valence-electron chi connectivity index (χ2n) is 5.71. The van der Waals surface area contributed by atoms with E-state index in [1.807, 2.05) is 0 Å². The number of rotatable bonds is 3. The summed E-state index contributed by atoms with van der Waals surface area (Å²) in [6, 6.07) is 4.25. The van der Waals surface area contributed by atoms with E-state index in [2.05, 4.69) is 32.9 Å². The first-order chi connectivity index (χ1) is 8.43. The van der Waals surface area contributed by atoms with Crippen molar-refractivity contribution in [3.8, 4) is 5.75 Å². The van der Waals surface area contributed by atoms with Crippen molar-refractivity contribution in [2.45, 2.75) is 51.7 Å². The number of hydrogen-bond donors (Lipinski definition) is 2. The molecule has 0 aliphatic heterocycles. The lowest BCUT2D eigenvalue weighted by molar-refractivity contribution is 0.165. The highest BCUT2D eigenvalue weighted by Gasteiger charge is 2.36. The van der Waals surface area contributed by atoms with E-state index in [0.717, 1.165) is 25.0 Å². The normalized spacial score (nSPS) is 27.5.